The van der Waals surface area contributed by atoms with Gasteiger partial charge in [-0.15, -0.1) is 0 Å². The lowest BCUT2D eigenvalue weighted by Gasteiger charge is -2.26. The number of benzene rings is 1. The summed E-state index contributed by atoms with van der Waals surface area (Å²) in [4.78, 5) is 40.8. The van der Waals surface area contributed by atoms with E-state index in [1.807, 2.05) is 38.1 Å². The molecule has 162 valence electrons. The van der Waals surface area contributed by atoms with Crippen molar-refractivity contribution in [2.75, 3.05) is 43.1 Å². The molecule has 3 heterocycles. The predicted molar refractivity (Wildman–Crippen MR) is 119 cm³/mol. The van der Waals surface area contributed by atoms with Gasteiger partial charge < -0.3 is 19.4 Å². The van der Waals surface area contributed by atoms with Crippen LogP contribution < -0.4 is 10.2 Å². The molecule has 2 aromatic rings. The fourth-order valence-corrected chi connectivity index (χ4v) is 4.29. The van der Waals surface area contributed by atoms with Crippen molar-refractivity contribution in [1.29, 1.82) is 0 Å². The molecule has 2 aliphatic rings. The van der Waals surface area contributed by atoms with Crippen LogP contribution in [0.1, 0.15) is 16.9 Å². The van der Waals surface area contributed by atoms with Crippen LogP contribution in [0, 0.1) is 13.8 Å². The highest BCUT2D eigenvalue weighted by Crippen LogP contribution is 2.33. The van der Waals surface area contributed by atoms with E-state index in [0.717, 1.165) is 40.9 Å². The van der Waals surface area contributed by atoms with Gasteiger partial charge in [-0.25, -0.2) is 0 Å². The third kappa shape index (κ3) is 4.67. The lowest BCUT2D eigenvalue weighted by atomic mass is 10.1. The van der Waals surface area contributed by atoms with Crippen LogP contribution in [0.4, 0.5) is 16.4 Å². The third-order valence-corrected chi connectivity index (χ3v) is 6.04. The molecule has 9 heteroatoms. The number of nitrogens with zero attached hydrogens (tertiary/aromatic N) is 2. The van der Waals surface area contributed by atoms with Gasteiger partial charge in [0.15, 0.2) is 5.88 Å². The Labute approximate surface area is 184 Å². The Balaban J connectivity index is 1.43. The second kappa shape index (κ2) is 8.99. The number of amides is 3. The Morgan fingerprint density at radius 2 is 1.84 bits per heavy atom. The van der Waals surface area contributed by atoms with Gasteiger partial charge in [-0.2, -0.15) is 0 Å². The van der Waals surface area contributed by atoms with Gasteiger partial charge in [0.2, 0.25) is 5.91 Å². The molecular formula is C22H23N3O5S. The Kier molecular flexibility index (Phi) is 6.15. The third-order valence-electron chi connectivity index (χ3n) is 5.13. The molecule has 1 aromatic heterocycles. The molecule has 31 heavy (non-hydrogen) atoms. The predicted octanol–water partition coefficient (Wildman–Crippen LogP) is 3.41. The first-order chi connectivity index (χ1) is 14.9. The molecule has 4 rings (SSSR count). The van der Waals surface area contributed by atoms with E-state index in [4.69, 9.17) is 9.15 Å². The number of hydrogen-bond acceptors (Lipinski definition) is 7. The summed E-state index contributed by atoms with van der Waals surface area (Å²) in [6, 6.07) is 9.27. The molecule has 3 amide bonds. The molecule has 2 saturated heterocycles. The highest BCUT2D eigenvalue weighted by Gasteiger charge is 2.36. The van der Waals surface area contributed by atoms with E-state index < -0.39 is 17.1 Å². The van der Waals surface area contributed by atoms with Gasteiger partial charge in [-0.3, -0.25) is 19.3 Å². The monoisotopic (exact) mass is 441 g/mol. The van der Waals surface area contributed by atoms with Crippen molar-refractivity contribution in [3.63, 3.8) is 0 Å². The molecule has 0 atom stereocenters. The number of ether oxygens (including phenoxy) is 1. The molecule has 0 radical (unpaired) electrons. The van der Waals surface area contributed by atoms with Crippen LogP contribution in [0.2, 0.25) is 0 Å². The van der Waals surface area contributed by atoms with E-state index in [2.05, 4.69) is 10.2 Å². The lowest BCUT2D eigenvalue weighted by Crippen LogP contribution is -2.36. The number of furan rings is 1. The Morgan fingerprint density at radius 3 is 2.55 bits per heavy atom. The summed E-state index contributed by atoms with van der Waals surface area (Å²) in [6.45, 7) is 6.18. The van der Waals surface area contributed by atoms with Crippen molar-refractivity contribution in [1.82, 2.24) is 4.90 Å². The van der Waals surface area contributed by atoms with Crippen LogP contribution in [-0.2, 0) is 14.3 Å². The van der Waals surface area contributed by atoms with Crippen LogP contribution in [0.5, 0.6) is 0 Å². The van der Waals surface area contributed by atoms with Crippen LogP contribution in [-0.4, -0.2) is 54.8 Å². The summed E-state index contributed by atoms with van der Waals surface area (Å²) in [5.41, 5.74) is 2.52. The van der Waals surface area contributed by atoms with Crippen molar-refractivity contribution in [3.8, 4) is 0 Å². The van der Waals surface area contributed by atoms with Crippen LogP contribution in [0.3, 0.4) is 0 Å². The molecule has 2 aliphatic heterocycles. The van der Waals surface area contributed by atoms with Gasteiger partial charge in [0.1, 0.15) is 12.3 Å². The number of nitrogens with one attached hydrogen (secondary N) is 1. The standard InChI is InChI=1S/C22H23N3O5S/c1-14-4-3-5-15(2)20(14)23-18(26)13-25-21(27)17(31-22(25)28)12-16-6-7-19(30-16)24-8-10-29-11-9-24/h3-7,12H,8-11,13H2,1-2H3,(H,23,26). The lowest BCUT2D eigenvalue weighted by molar-refractivity contribution is -0.127. The summed E-state index contributed by atoms with van der Waals surface area (Å²) in [5.74, 6) is 0.248. The smallest absolute Gasteiger partial charge is 0.294 e. The SMILES string of the molecule is Cc1cccc(C)c1NC(=O)CN1C(=O)SC(=Cc2ccc(N3CCOCC3)o2)C1=O. The highest BCUT2D eigenvalue weighted by molar-refractivity contribution is 8.18. The molecule has 2 fully saturated rings. The number of anilines is 2. The average Bonchev–Trinajstić information content (AvgIpc) is 3.32. The van der Waals surface area contributed by atoms with Gasteiger partial charge >= 0.3 is 0 Å². The molecule has 0 unspecified atom stereocenters. The zero-order chi connectivity index (χ0) is 22.0. The fourth-order valence-electron chi connectivity index (χ4n) is 3.47. The largest absolute Gasteiger partial charge is 0.441 e. The zero-order valence-corrected chi connectivity index (χ0v) is 18.2. The van der Waals surface area contributed by atoms with Crippen LogP contribution in [0.25, 0.3) is 6.08 Å². The van der Waals surface area contributed by atoms with Crippen LogP contribution in [0.15, 0.2) is 39.7 Å². The van der Waals surface area contributed by atoms with Gasteiger partial charge in [0.25, 0.3) is 11.1 Å². The van der Waals surface area contributed by atoms with Crippen molar-refractivity contribution in [2.45, 2.75) is 13.8 Å². The van der Waals surface area contributed by atoms with Gasteiger partial charge in [0, 0.05) is 30.9 Å². The molecule has 0 spiro atoms. The first kappa shape index (κ1) is 21.2. The molecule has 0 aliphatic carbocycles. The number of carbonyl (C=O) groups is 3. The molecular weight excluding hydrogens is 418 g/mol. The number of imide groups is 1. The average molecular weight is 442 g/mol. The number of thioether (sulfide) groups is 1. The Hall–Kier alpha value is -3.04. The van der Waals surface area contributed by atoms with E-state index in [9.17, 15) is 14.4 Å². The molecule has 0 saturated carbocycles. The van der Waals surface area contributed by atoms with Crippen molar-refractivity contribution >= 4 is 46.5 Å². The molecule has 1 N–H and O–H groups in total. The van der Waals surface area contributed by atoms with Gasteiger partial charge in [-0.05, 0) is 42.8 Å². The van der Waals surface area contributed by atoms with Crippen molar-refractivity contribution < 1.29 is 23.5 Å². The Morgan fingerprint density at radius 1 is 1.13 bits per heavy atom. The first-order valence-electron chi connectivity index (χ1n) is 9.96. The van der Waals surface area contributed by atoms with Gasteiger partial charge in [0.05, 0.1) is 18.1 Å². The Bertz CT molecular complexity index is 1030. The highest BCUT2D eigenvalue weighted by atomic mass is 32.2. The van der Waals surface area contributed by atoms with E-state index in [1.165, 1.54) is 6.08 Å². The fraction of sp³-hybridized carbons (Fsp3) is 0.318. The minimum absolute atomic E-state index is 0.229. The first-order valence-corrected chi connectivity index (χ1v) is 10.8. The summed E-state index contributed by atoms with van der Waals surface area (Å²) in [7, 11) is 0. The summed E-state index contributed by atoms with van der Waals surface area (Å²) >= 11 is 0.801. The van der Waals surface area contributed by atoms with Crippen molar-refractivity contribution in [2.24, 2.45) is 0 Å². The summed E-state index contributed by atoms with van der Waals surface area (Å²) < 4.78 is 11.1. The maximum absolute atomic E-state index is 12.7. The minimum atomic E-state index is -0.504. The van der Waals surface area contributed by atoms with E-state index in [-0.39, 0.29) is 11.4 Å². The van der Waals surface area contributed by atoms with Crippen LogP contribution >= 0.6 is 11.8 Å². The second-order valence-electron chi connectivity index (χ2n) is 7.36. The minimum Gasteiger partial charge on any atom is -0.441 e. The summed E-state index contributed by atoms with van der Waals surface area (Å²) in [5, 5.41) is 2.32. The second-order valence-corrected chi connectivity index (χ2v) is 8.35. The molecule has 0 bridgehead atoms. The summed E-state index contributed by atoms with van der Waals surface area (Å²) in [6.07, 6.45) is 1.54. The number of aryl methyl sites for hydroxylation is 2. The van der Waals surface area contributed by atoms with E-state index >= 15 is 0 Å². The number of morpholine rings is 1. The van der Waals surface area contributed by atoms with Gasteiger partial charge in [-0.1, -0.05) is 18.2 Å². The zero-order valence-electron chi connectivity index (χ0n) is 17.3. The maximum atomic E-state index is 12.7. The maximum Gasteiger partial charge on any atom is 0.294 e. The van der Waals surface area contributed by atoms with Crippen molar-refractivity contribution in [3.05, 3.63) is 52.1 Å². The van der Waals surface area contributed by atoms with E-state index in [1.54, 1.807) is 6.07 Å². The quantitative estimate of drug-likeness (QED) is 0.711. The molecule has 1 aromatic carbocycles. The number of carbonyl (C=O) groups excluding carboxylic acids is 3. The topological polar surface area (TPSA) is 92.1 Å². The number of rotatable bonds is 5. The van der Waals surface area contributed by atoms with E-state index in [0.29, 0.717) is 30.5 Å². The molecule has 8 nitrogen and oxygen atoms in total. The number of hydrogen-bond donors (Lipinski definition) is 1. The normalized spacial score (nSPS) is 18.2. The number of para-hydroxylation sites is 1.